The van der Waals surface area contributed by atoms with Crippen LogP contribution in [0.2, 0.25) is 0 Å². The maximum atomic E-state index is 11.0. The zero-order valence-electron chi connectivity index (χ0n) is 12.5. The Morgan fingerprint density at radius 1 is 1.29 bits per heavy atom. The molecule has 110 valence electrons. The molecule has 21 heavy (non-hydrogen) atoms. The molecule has 0 amide bonds. The molecule has 2 nitrogen and oxygen atoms in total. The Balaban J connectivity index is 2.75. The first kappa shape index (κ1) is 16.7. The lowest BCUT2D eigenvalue weighted by Gasteiger charge is -2.17. The van der Waals surface area contributed by atoms with E-state index in [2.05, 4.69) is 25.3 Å². The van der Waals surface area contributed by atoms with Crippen molar-refractivity contribution < 1.29 is 9.53 Å². The molecule has 0 fully saturated rings. The maximum absolute atomic E-state index is 11.0. The van der Waals surface area contributed by atoms with Crippen molar-refractivity contribution in [2.75, 3.05) is 0 Å². The predicted octanol–water partition coefficient (Wildman–Crippen LogP) is 4.41. The van der Waals surface area contributed by atoms with E-state index < -0.39 is 0 Å². The number of aldehydes is 1. The van der Waals surface area contributed by atoms with Crippen LogP contribution >= 0.6 is 0 Å². The summed E-state index contributed by atoms with van der Waals surface area (Å²) >= 11 is 0. The third-order valence-corrected chi connectivity index (χ3v) is 3.05. The van der Waals surface area contributed by atoms with Gasteiger partial charge in [-0.25, -0.2) is 0 Å². The molecule has 0 aromatic heterocycles. The van der Waals surface area contributed by atoms with E-state index in [0.29, 0.717) is 11.3 Å². The fraction of sp³-hybridized carbons (Fsp3) is 0.211. The highest BCUT2D eigenvalue weighted by Gasteiger charge is 2.10. The van der Waals surface area contributed by atoms with E-state index >= 15 is 0 Å². The Morgan fingerprint density at radius 3 is 2.52 bits per heavy atom. The number of hydrogen-bond donors (Lipinski definition) is 0. The van der Waals surface area contributed by atoms with Gasteiger partial charge < -0.3 is 4.74 Å². The third-order valence-electron chi connectivity index (χ3n) is 3.05. The average molecular weight is 282 g/mol. The molecule has 1 unspecified atom stereocenters. The number of ether oxygens (including phenoxy) is 1. The number of rotatable bonds is 9. The summed E-state index contributed by atoms with van der Waals surface area (Å²) < 4.78 is 5.88. The first-order valence-electron chi connectivity index (χ1n) is 7.02. The van der Waals surface area contributed by atoms with Gasteiger partial charge in [0.2, 0.25) is 0 Å². The lowest BCUT2D eigenvalue weighted by Crippen LogP contribution is -2.11. The number of carbonyl (C=O) groups is 1. The van der Waals surface area contributed by atoms with Crippen LogP contribution in [0.4, 0.5) is 0 Å². The van der Waals surface area contributed by atoms with Gasteiger partial charge in [0, 0.05) is 0 Å². The summed E-state index contributed by atoms with van der Waals surface area (Å²) in [5.74, 6) is 0.528. The summed E-state index contributed by atoms with van der Waals surface area (Å²) in [6.07, 6.45) is 9.16. The van der Waals surface area contributed by atoms with Gasteiger partial charge >= 0.3 is 0 Å². The summed E-state index contributed by atoms with van der Waals surface area (Å²) in [6.45, 7) is 9.32. The second kappa shape index (κ2) is 9.54. The largest absolute Gasteiger partial charge is 0.486 e. The zero-order chi connectivity index (χ0) is 15.5. The van der Waals surface area contributed by atoms with Gasteiger partial charge in [0.05, 0.1) is 5.57 Å². The molecule has 0 bridgehead atoms. The molecule has 1 aromatic carbocycles. The third kappa shape index (κ3) is 5.65. The minimum atomic E-state index is -0.147. The second-order valence-electron chi connectivity index (χ2n) is 4.56. The number of allylic oxidation sites excluding steroid dienone is 4. The Hall–Kier alpha value is -2.35. The number of benzene rings is 1. The highest BCUT2D eigenvalue weighted by Crippen LogP contribution is 2.15. The minimum Gasteiger partial charge on any atom is -0.486 e. The number of carbonyl (C=O) groups excluding carboxylic acids is 1. The van der Waals surface area contributed by atoms with Crippen molar-refractivity contribution in [3.63, 3.8) is 0 Å². The molecule has 0 aliphatic carbocycles. The Bertz CT molecular complexity index is 514. The average Bonchev–Trinajstić information content (AvgIpc) is 2.53. The van der Waals surface area contributed by atoms with Crippen molar-refractivity contribution in [3.05, 3.63) is 84.7 Å². The van der Waals surface area contributed by atoms with E-state index in [4.69, 9.17) is 4.74 Å². The molecule has 2 heteroatoms. The van der Waals surface area contributed by atoms with E-state index in [9.17, 15) is 4.79 Å². The Kier molecular flexibility index (Phi) is 7.59. The molecule has 0 saturated carbocycles. The van der Waals surface area contributed by atoms with E-state index in [-0.39, 0.29) is 6.10 Å². The summed E-state index contributed by atoms with van der Waals surface area (Å²) in [5, 5.41) is 0. The summed E-state index contributed by atoms with van der Waals surface area (Å²) in [4.78, 5) is 11.0. The molecule has 1 rings (SSSR count). The Labute approximate surface area is 127 Å². The normalized spacial score (nSPS) is 13.4. The van der Waals surface area contributed by atoms with Gasteiger partial charge in [-0.2, -0.15) is 0 Å². The summed E-state index contributed by atoms with van der Waals surface area (Å²) in [7, 11) is 0. The number of hydrogen-bond acceptors (Lipinski definition) is 2. The van der Waals surface area contributed by atoms with Crippen molar-refractivity contribution in [2.45, 2.75) is 25.9 Å². The van der Waals surface area contributed by atoms with Crippen molar-refractivity contribution in [1.29, 1.82) is 0 Å². The highest BCUT2D eigenvalue weighted by atomic mass is 16.5. The zero-order valence-corrected chi connectivity index (χ0v) is 12.5. The van der Waals surface area contributed by atoms with Crippen LogP contribution in [0.5, 0.6) is 0 Å². The molecular formula is C19H22O2. The molecule has 0 heterocycles. The van der Waals surface area contributed by atoms with Crippen LogP contribution in [0.25, 0.3) is 0 Å². The molecule has 0 saturated heterocycles. The van der Waals surface area contributed by atoms with Crippen LogP contribution in [-0.2, 0) is 16.0 Å². The van der Waals surface area contributed by atoms with E-state index in [0.717, 1.165) is 19.1 Å². The maximum Gasteiger partial charge on any atom is 0.153 e. The van der Waals surface area contributed by atoms with Gasteiger partial charge in [0.1, 0.15) is 11.9 Å². The topological polar surface area (TPSA) is 26.3 Å². The molecule has 0 spiro atoms. The van der Waals surface area contributed by atoms with Gasteiger partial charge in [-0.1, -0.05) is 61.7 Å². The Morgan fingerprint density at radius 2 is 2.00 bits per heavy atom. The van der Waals surface area contributed by atoms with Gasteiger partial charge in [-0.3, -0.25) is 4.79 Å². The predicted molar refractivity (Wildman–Crippen MR) is 87.9 cm³/mol. The quantitative estimate of drug-likeness (QED) is 0.220. The van der Waals surface area contributed by atoms with Gasteiger partial charge in [-0.15, -0.1) is 0 Å². The van der Waals surface area contributed by atoms with E-state index in [1.807, 2.05) is 31.2 Å². The van der Waals surface area contributed by atoms with Gasteiger partial charge in [-0.05, 0) is 31.4 Å². The van der Waals surface area contributed by atoms with Crippen LogP contribution in [0.1, 0.15) is 18.9 Å². The molecule has 0 radical (unpaired) electrons. The van der Waals surface area contributed by atoms with Crippen molar-refractivity contribution in [2.24, 2.45) is 0 Å². The molecule has 1 atom stereocenters. The standard InChI is InChI=1S/C19H22O2/c1-4-10-19(17(5-2)15-20)21-18(6-3)14-13-16-11-8-7-9-12-16/h4-12,15,18H,2-3,13-14H2,1H3/b10-4-,19-17-. The van der Waals surface area contributed by atoms with E-state index in [1.165, 1.54) is 11.6 Å². The summed E-state index contributed by atoms with van der Waals surface area (Å²) in [5.41, 5.74) is 1.70. The fourth-order valence-electron chi connectivity index (χ4n) is 1.90. The van der Waals surface area contributed by atoms with Crippen LogP contribution in [-0.4, -0.2) is 12.4 Å². The van der Waals surface area contributed by atoms with Crippen molar-refractivity contribution >= 4 is 6.29 Å². The van der Waals surface area contributed by atoms with E-state index in [1.54, 1.807) is 12.2 Å². The molecular weight excluding hydrogens is 260 g/mol. The molecule has 1 aromatic rings. The second-order valence-corrected chi connectivity index (χ2v) is 4.56. The smallest absolute Gasteiger partial charge is 0.153 e. The lowest BCUT2D eigenvalue weighted by molar-refractivity contribution is -0.104. The van der Waals surface area contributed by atoms with Crippen LogP contribution in [0, 0.1) is 0 Å². The number of aryl methyl sites for hydroxylation is 1. The first-order valence-corrected chi connectivity index (χ1v) is 7.02. The minimum absolute atomic E-state index is 0.147. The molecule has 0 N–H and O–H groups in total. The van der Waals surface area contributed by atoms with Crippen LogP contribution < -0.4 is 0 Å². The van der Waals surface area contributed by atoms with Gasteiger partial charge in [0.25, 0.3) is 0 Å². The van der Waals surface area contributed by atoms with Gasteiger partial charge in [0.15, 0.2) is 6.29 Å². The molecule has 0 aliphatic heterocycles. The fourth-order valence-corrected chi connectivity index (χ4v) is 1.90. The SMILES string of the molecule is C=C/C(C=O)=C(\C=C/C)OC(C=C)CCc1ccccc1. The highest BCUT2D eigenvalue weighted by molar-refractivity contribution is 5.78. The monoisotopic (exact) mass is 282 g/mol. The first-order chi connectivity index (χ1) is 10.2. The summed E-state index contributed by atoms with van der Waals surface area (Å²) in [6, 6.07) is 10.2. The van der Waals surface area contributed by atoms with Crippen molar-refractivity contribution in [1.82, 2.24) is 0 Å². The van der Waals surface area contributed by atoms with Crippen LogP contribution in [0.15, 0.2) is 79.1 Å². The van der Waals surface area contributed by atoms with Crippen LogP contribution in [0.3, 0.4) is 0 Å². The lowest BCUT2D eigenvalue weighted by atomic mass is 10.1. The molecule has 0 aliphatic rings. The van der Waals surface area contributed by atoms with Crippen molar-refractivity contribution in [3.8, 4) is 0 Å².